The molecule has 0 saturated heterocycles. The molecule has 0 bridgehead atoms. The molecule has 0 fully saturated rings. The zero-order chi connectivity index (χ0) is 23.3. The van der Waals surface area contributed by atoms with E-state index in [1.807, 2.05) is 42.5 Å². The maximum absolute atomic E-state index is 13.7. The number of rotatable bonds is 8. The number of pyridine rings is 1. The molecule has 2 aromatic carbocycles. The summed E-state index contributed by atoms with van der Waals surface area (Å²) in [6, 6.07) is 19.6. The second kappa shape index (κ2) is 9.93. The lowest BCUT2D eigenvalue weighted by molar-refractivity contribution is 0.0948. The summed E-state index contributed by atoms with van der Waals surface area (Å²) >= 11 is 1.59. The van der Waals surface area contributed by atoms with E-state index in [0.29, 0.717) is 30.2 Å². The average Bonchev–Trinajstić information content (AvgIpc) is 3.50. The summed E-state index contributed by atoms with van der Waals surface area (Å²) in [7, 11) is 0. The van der Waals surface area contributed by atoms with Crippen molar-refractivity contribution in [1.82, 2.24) is 19.9 Å². The van der Waals surface area contributed by atoms with Gasteiger partial charge in [0, 0.05) is 17.5 Å². The molecule has 5 rings (SSSR count). The number of carbonyl (C=O) groups is 1. The third-order valence-electron chi connectivity index (χ3n) is 5.33. The van der Waals surface area contributed by atoms with Gasteiger partial charge in [-0.15, -0.1) is 0 Å². The Hall–Kier alpha value is -3.91. The highest BCUT2D eigenvalue weighted by Crippen LogP contribution is 2.27. The van der Waals surface area contributed by atoms with E-state index in [-0.39, 0.29) is 11.7 Å². The number of imidazole rings is 1. The average molecular weight is 473 g/mol. The number of furan rings is 1. The van der Waals surface area contributed by atoms with Crippen molar-refractivity contribution in [3.63, 3.8) is 0 Å². The van der Waals surface area contributed by atoms with Crippen LogP contribution in [0.1, 0.15) is 27.2 Å². The summed E-state index contributed by atoms with van der Waals surface area (Å²) in [5.41, 5.74) is 4.25. The molecular formula is C26H21FN4O2S. The van der Waals surface area contributed by atoms with Crippen LogP contribution in [0.4, 0.5) is 4.39 Å². The summed E-state index contributed by atoms with van der Waals surface area (Å²) in [4.78, 5) is 21.4. The molecule has 0 aliphatic heterocycles. The van der Waals surface area contributed by atoms with Crippen molar-refractivity contribution in [2.75, 3.05) is 0 Å². The van der Waals surface area contributed by atoms with Crippen molar-refractivity contribution >= 4 is 28.7 Å². The Balaban J connectivity index is 1.28. The molecule has 0 radical (unpaired) electrons. The molecule has 1 N–H and O–H groups in total. The number of aromatic nitrogens is 3. The summed E-state index contributed by atoms with van der Waals surface area (Å²) in [6.07, 6.45) is 5.07. The minimum Gasteiger partial charge on any atom is -0.467 e. The number of halogens is 1. The number of nitrogens with one attached hydrogen (secondary N) is 1. The molecule has 1 amide bonds. The van der Waals surface area contributed by atoms with Crippen LogP contribution in [0.25, 0.3) is 11.0 Å². The minimum atomic E-state index is -0.262. The molecule has 0 spiro atoms. The quantitative estimate of drug-likeness (QED) is 0.305. The molecule has 5 aromatic rings. The van der Waals surface area contributed by atoms with Crippen molar-refractivity contribution in [1.29, 1.82) is 0 Å². The van der Waals surface area contributed by atoms with Crippen molar-refractivity contribution in [3.8, 4) is 0 Å². The Bertz CT molecular complexity index is 1410. The SMILES string of the molecule is O=C(NCc1ccco1)c1ccc(CSc2nc3ccncc3n2Cc2cccc(F)c2)cc1. The normalized spacial score (nSPS) is 11.1. The fourth-order valence-corrected chi connectivity index (χ4v) is 4.58. The van der Waals surface area contributed by atoms with E-state index >= 15 is 0 Å². The lowest BCUT2D eigenvalue weighted by Crippen LogP contribution is -2.22. The predicted molar refractivity (Wildman–Crippen MR) is 129 cm³/mol. The second-order valence-corrected chi connectivity index (χ2v) is 8.66. The van der Waals surface area contributed by atoms with Gasteiger partial charge in [-0.25, -0.2) is 9.37 Å². The van der Waals surface area contributed by atoms with Crippen molar-refractivity contribution in [3.05, 3.63) is 114 Å². The van der Waals surface area contributed by atoms with Crippen LogP contribution in [-0.2, 0) is 18.8 Å². The molecule has 0 atom stereocenters. The van der Waals surface area contributed by atoms with Crippen LogP contribution in [0.3, 0.4) is 0 Å². The Kier molecular flexibility index (Phi) is 6.40. The lowest BCUT2D eigenvalue weighted by Gasteiger charge is -2.10. The molecule has 3 aromatic heterocycles. The molecule has 34 heavy (non-hydrogen) atoms. The van der Waals surface area contributed by atoms with Gasteiger partial charge in [-0.2, -0.15) is 0 Å². The predicted octanol–water partition coefficient (Wildman–Crippen LogP) is 5.43. The molecule has 0 saturated carbocycles. The van der Waals surface area contributed by atoms with E-state index in [1.54, 1.807) is 42.6 Å². The van der Waals surface area contributed by atoms with Gasteiger partial charge in [-0.1, -0.05) is 36.0 Å². The van der Waals surface area contributed by atoms with Crippen LogP contribution < -0.4 is 5.32 Å². The molecular weight excluding hydrogens is 451 g/mol. The number of nitrogens with zero attached hydrogens (tertiary/aromatic N) is 3. The van der Waals surface area contributed by atoms with Crippen LogP contribution in [0.2, 0.25) is 0 Å². The number of thioether (sulfide) groups is 1. The number of amides is 1. The van der Waals surface area contributed by atoms with Gasteiger partial charge in [-0.3, -0.25) is 9.78 Å². The minimum absolute atomic E-state index is 0.153. The van der Waals surface area contributed by atoms with Crippen molar-refractivity contribution in [2.45, 2.75) is 24.0 Å². The van der Waals surface area contributed by atoms with Crippen LogP contribution in [0.5, 0.6) is 0 Å². The van der Waals surface area contributed by atoms with Crippen LogP contribution in [-0.4, -0.2) is 20.4 Å². The molecule has 0 aliphatic carbocycles. The van der Waals surface area contributed by atoms with Crippen molar-refractivity contribution < 1.29 is 13.6 Å². The highest BCUT2D eigenvalue weighted by Gasteiger charge is 2.13. The number of fused-ring (bicyclic) bond motifs is 1. The number of benzene rings is 2. The first-order chi connectivity index (χ1) is 16.7. The van der Waals surface area contributed by atoms with Gasteiger partial charge in [0.25, 0.3) is 5.91 Å². The highest BCUT2D eigenvalue weighted by atomic mass is 32.2. The van der Waals surface area contributed by atoms with E-state index in [4.69, 9.17) is 9.40 Å². The first-order valence-corrected chi connectivity index (χ1v) is 11.7. The van der Waals surface area contributed by atoms with Gasteiger partial charge < -0.3 is 14.3 Å². The monoisotopic (exact) mass is 472 g/mol. The van der Waals surface area contributed by atoms with Gasteiger partial charge >= 0.3 is 0 Å². The molecule has 8 heteroatoms. The fraction of sp³-hybridized carbons (Fsp3) is 0.115. The highest BCUT2D eigenvalue weighted by molar-refractivity contribution is 7.98. The Labute approximate surface area is 199 Å². The zero-order valence-corrected chi connectivity index (χ0v) is 19.0. The van der Waals surface area contributed by atoms with Gasteiger partial charge in [0.15, 0.2) is 5.16 Å². The second-order valence-electron chi connectivity index (χ2n) is 7.72. The van der Waals surface area contributed by atoms with Crippen LogP contribution >= 0.6 is 11.8 Å². The summed E-state index contributed by atoms with van der Waals surface area (Å²) in [6.45, 7) is 0.844. The first kappa shape index (κ1) is 21.9. The summed E-state index contributed by atoms with van der Waals surface area (Å²) in [5, 5.41) is 3.67. The first-order valence-electron chi connectivity index (χ1n) is 10.7. The Morgan fingerprint density at radius 2 is 1.94 bits per heavy atom. The van der Waals surface area contributed by atoms with Crippen LogP contribution in [0.15, 0.2) is 95.0 Å². The van der Waals surface area contributed by atoms with Gasteiger partial charge in [-0.05, 0) is 53.6 Å². The van der Waals surface area contributed by atoms with Gasteiger partial charge in [0.2, 0.25) is 0 Å². The van der Waals surface area contributed by atoms with Gasteiger partial charge in [0.1, 0.15) is 11.6 Å². The van der Waals surface area contributed by atoms with E-state index in [1.165, 1.54) is 12.1 Å². The number of hydrogen-bond donors (Lipinski definition) is 1. The largest absolute Gasteiger partial charge is 0.467 e. The molecule has 0 unspecified atom stereocenters. The van der Waals surface area contributed by atoms with Gasteiger partial charge in [0.05, 0.1) is 36.6 Å². The Morgan fingerprint density at radius 1 is 1.06 bits per heavy atom. The molecule has 0 aliphatic rings. The van der Waals surface area contributed by atoms with Crippen molar-refractivity contribution in [2.24, 2.45) is 0 Å². The topological polar surface area (TPSA) is 73.0 Å². The smallest absolute Gasteiger partial charge is 0.251 e. The maximum Gasteiger partial charge on any atom is 0.251 e. The Morgan fingerprint density at radius 3 is 2.74 bits per heavy atom. The standard InChI is InChI=1S/C26H21FN4O2S/c27-21-4-1-3-19(13-21)16-31-24-15-28-11-10-23(24)30-26(31)34-17-18-6-8-20(9-7-18)25(32)29-14-22-5-2-12-33-22/h1-13,15H,14,16-17H2,(H,29,32). The maximum atomic E-state index is 13.7. The van der Waals surface area contributed by atoms with E-state index in [2.05, 4.69) is 14.9 Å². The summed E-state index contributed by atoms with van der Waals surface area (Å²) in [5.74, 6) is 0.967. The number of carbonyl (C=O) groups excluding carboxylic acids is 1. The van der Waals surface area contributed by atoms with E-state index in [9.17, 15) is 9.18 Å². The zero-order valence-electron chi connectivity index (χ0n) is 18.1. The number of hydrogen-bond acceptors (Lipinski definition) is 5. The lowest BCUT2D eigenvalue weighted by atomic mass is 10.1. The molecule has 3 heterocycles. The van der Waals surface area contributed by atoms with Crippen LogP contribution in [0, 0.1) is 5.82 Å². The fourth-order valence-electron chi connectivity index (χ4n) is 3.61. The third kappa shape index (κ3) is 5.02. The van der Waals surface area contributed by atoms with E-state index in [0.717, 1.165) is 27.3 Å². The third-order valence-corrected chi connectivity index (χ3v) is 6.38. The molecule has 6 nitrogen and oxygen atoms in total. The van der Waals surface area contributed by atoms with E-state index < -0.39 is 0 Å². The molecule has 170 valence electrons. The summed E-state index contributed by atoms with van der Waals surface area (Å²) < 4.78 is 21.0.